The summed E-state index contributed by atoms with van der Waals surface area (Å²) >= 11 is 0. The normalized spacial score (nSPS) is 17.3. The summed E-state index contributed by atoms with van der Waals surface area (Å²) in [6.07, 6.45) is 9.15. The zero-order valence-corrected chi connectivity index (χ0v) is 14.6. The Morgan fingerprint density at radius 3 is 2.00 bits per heavy atom. The molecule has 0 unspecified atom stereocenters. The van der Waals surface area contributed by atoms with E-state index in [9.17, 15) is 4.79 Å². The van der Waals surface area contributed by atoms with Crippen LogP contribution in [0.1, 0.15) is 86.5 Å². The molecular formula is C18H36O2. The highest BCUT2D eigenvalue weighted by Crippen LogP contribution is 2.23. The monoisotopic (exact) mass is 284 g/mol. The fraction of sp³-hybridized carbons (Fsp3) is 0.944. The first kappa shape index (κ1) is 19.5. The lowest BCUT2D eigenvalue weighted by molar-refractivity contribution is -0.147. The van der Waals surface area contributed by atoms with Gasteiger partial charge >= 0.3 is 5.97 Å². The highest BCUT2D eigenvalue weighted by Gasteiger charge is 2.15. The molecule has 0 saturated carbocycles. The quantitative estimate of drug-likeness (QED) is 0.462. The van der Waals surface area contributed by atoms with Crippen LogP contribution in [0.2, 0.25) is 0 Å². The maximum absolute atomic E-state index is 10.9. The molecular weight excluding hydrogens is 248 g/mol. The van der Waals surface area contributed by atoms with Crippen LogP contribution in [-0.4, -0.2) is 12.1 Å². The Bertz CT molecular complexity index is 250. The summed E-state index contributed by atoms with van der Waals surface area (Å²) < 4.78 is 5.24. The maximum Gasteiger partial charge on any atom is 0.302 e. The van der Waals surface area contributed by atoms with E-state index in [0.29, 0.717) is 5.92 Å². The molecule has 4 atom stereocenters. The molecule has 0 N–H and O–H groups in total. The smallest absolute Gasteiger partial charge is 0.302 e. The molecule has 0 saturated heterocycles. The zero-order valence-electron chi connectivity index (χ0n) is 14.6. The Hall–Kier alpha value is -0.530. The SMILES string of the molecule is CCCC[C@@H](C)C[C@@H](C)CCC[C@H](C)[C@H](C)OC(C)=O. The average molecular weight is 284 g/mol. The van der Waals surface area contributed by atoms with Gasteiger partial charge in [-0.15, -0.1) is 0 Å². The number of unbranched alkanes of at least 4 members (excludes halogenated alkanes) is 1. The van der Waals surface area contributed by atoms with Crippen LogP contribution in [0.15, 0.2) is 0 Å². The molecule has 0 bridgehead atoms. The minimum Gasteiger partial charge on any atom is -0.463 e. The van der Waals surface area contributed by atoms with Crippen molar-refractivity contribution < 1.29 is 9.53 Å². The molecule has 0 heterocycles. The molecule has 0 aliphatic carbocycles. The van der Waals surface area contributed by atoms with Gasteiger partial charge in [-0.3, -0.25) is 4.79 Å². The molecule has 0 aliphatic rings. The van der Waals surface area contributed by atoms with Crippen molar-refractivity contribution in [2.45, 2.75) is 92.6 Å². The number of carbonyl (C=O) groups is 1. The lowest BCUT2D eigenvalue weighted by atomic mass is 9.88. The lowest BCUT2D eigenvalue weighted by Crippen LogP contribution is -2.20. The fourth-order valence-electron chi connectivity index (χ4n) is 2.88. The molecule has 0 aromatic carbocycles. The van der Waals surface area contributed by atoms with Crippen LogP contribution in [0, 0.1) is 17.8 Å². The second-order valence-electron chi connectivity index (χ2n) is 6.81. The van der Waals surface area contributed by atoms with Crippen LogP contribution >= 0.6 is 0 Å². The van der Waals surface area contributed by atoms with Gasteiger partial charge in [0.25, 0.3) is 0 Å². The predicted molar refractivity (Wildman–Crippen MR) is 86.7 cm³/mol. The summed E-state index contributed by atoms with van der Waals surface area (Å²) in [6.45, 7) is 12.7. The van der Waals surface area contributed by atoms with Gasteiger partial charge in [0, 0.05) is 6.92 Å². The average Bonchev–Trinajstić information content (AvgIpc) is 2.35. The van der Waals surface area contributed by atoms with Crippen molar-refractivity contribution in [3.8, 4) is 0 Å². The first-order chi connectivity index (χ1) is 9.36. The number of esters is 1. The van der Waals surface area contributed by atoms with Gasteiger partial charge < -0.3 is 4.74 Å². The minimum atomic E-state index is -0.164. The van der Waals surface area contributed by atoms with E-state index >= 15 is 0 Å². The second-order valence-corrected chi connectivity index (χ2v) is 6.81. The van der Waals surface area contributed by atoms with Crippen molar-refractivity contribution in [3.05, 3.63) is 0 Å². The number of hydrogen-bond acceptors (Lipinski definition) is 2. The Labute approximate surface area is 126 Å². The van der Waals surface area contributed by atoms with Crippen LogP contribution < -0.4 is 0 Å². The first-order valence-electron chi connectivity index (χ1n) is 8.54. The van der Waals surface area contributed by atoms with Crippen molar-refractivity contribution >= 4 is 5.97 Å². The number of carbonyl (C=O) groups excluding carboxylic acids is 1. The number of ether oxygens (including phenoxy) is 1. The molecule has 20 heavy (non-hydrogen) atoms. The standard InChI is InChI=1S/C18H36O2/c1-7-8-10-14(2)13-15(3)11-9-12-16(4)17(5)20-18(6)19/h14-17H,7-13H2,1-6H3/t14-,15+,16+,17+/m1/s1. The van der Waals surface area contributed by atoms with Crippen molar-refractivity contribution in [3.63, 3.8) is 0 Å². The lowest BCUT2D eigenvalue weighted by Gasteiger charge is -2.21. The molecule has 0 radical (unpaired) electrons. The summed E-state index contributed by atoms with van der Waals surface area (Å²) in [5, 5.41) is 0. The van der Waals surface area contributed by atoms with E-state index < -0.39 is 0 Å². The van der Waals surface area contributed by atoms with Crippen LogP contribution in [0.4, 0.5) is 0 Å². The highest BCUT2D eigenvalue weighted by atomic mass is 16.5. The van der Waals surface area contributed by atoms with Crippen LogP contribution in [0.3, 0.4) is 0 Å². The molecule has 2 nitrogen and oxygen atoms in total. The minimum absolute atomic E-state index is 0.0475. The Balaban J connectivity index is 3.74. The zero-order chi connectivity index (χ0) is 15.5. The third-order valence-corrected chi connectivity index (χ3v) is 4.36. The fourth-order valence-corrected chi connectivity index (χ4v) is 2.88. The van der Waals surface area contributed by atoms with Gasteiger partial charge in [0.1, 0.15) is 6.10 Å². The Kier molecular flexibility index (Phi) is 10.9. The van der Waals surface area contributed by atoms with Crippen molar-refractivity contribution in [1.82, 2.24) is 0 Å². The molecule has 0 rings (SSSR count). The Morgan fingerprint density at radius 2 is 1.50 bits per heavy atom. The maximum atomic E-state index is 10.9. The summed E-state index contributed by atoms with van der Waals surface area (Å²) in [5.74, 6) is 1.98. The van der Waals surface area contributed by atoms with Gasteiger partial charge in [-0.1, -0.05) is 59.8 Å². The highest BCUT2D eigenvalue weighted by molar-refractivity contribution is 5.66. The molecule has 120 valence electrons. The topological polar surface area (TPSA) is 26.3 Å². The van der Waals surface area contributed by atoms with E-state index in [0.717, 1.165) is 18.3 Å². The molecule has 0 spiro atoms. The predicted octanol–water partition coefficient (Wildman–Crippen LogP) is 5.60. The third kappa shape index (κ3) is 10.3. The van der Waals surface area contributed by atoms with Gasteiger partial charge in [0.05, 0.1) is 0 Å². The summed E-state index contributed by atoms with van der Waals surface area (Å²) in [4.78, 5) is 10.9. The summed E-state index contributed by atoms with van der Waals surface area (Å²) in [5.41, 5.74) is 0. The van der Waals surface area contributed by atoms with Crippen molar-refractivity contribution in [2.24, 2.45) is 17.8 Å². The first-order valence-corrected chi connectivity index (χ1v) is 8.54. The van der Waals surface area contributed by atoms with Gasteiger partial charge in [0.2, 0.25) is 0 Å². The van der Waals surface area contributed by atoms with E-state index in [1.165, 1.54) is 45.4 Å². The third-order valence-electron chi connectivity index (χ3n) is 4.36. The van der Waals surface area contributed by atoms with E-state index in [1.54, 1.807) is 0 Å². The molecule has 2 heteroatoms. The van der Waals surface area contributed by atoms with Gasteiger partial charge in [-0.05, 0) is 37.5 Å². The van der Waals surface area contributed by atoms with E-state index in [2.05, 4.69) is 27.7 Å². The molecule has 0 aliphatic heterocycles. The van der Waals surface area contributed by atoms with Gasteiger partial charge in [0.15, 0.2) is 0 Å². The molecule has 0 aromatic heterocycles. The molecule has 0 fully saturated rings. The Morgan fingerprint density at radius 1 is 0.950 bits per heavy atom. The van der Waals surface area contributed by atoms with Crippen molar-refractivity contribution in [1.29, 1.82) is 0 Å². The largest absolute Gasteiger partial charge is 0.463 e. The van der Waals surface area contributed by atoms with Crippen molar-refractivity contribution in [2.75, 3.05) is 0 Å². The molecule has 0 aromatic rings. The van der Waals surface area contributed by atoms with Gasteiger partial charge in [-0.25, -0.2) is 0 Å². The van der Waals surface area contributed by atoms with E-state index in [1.807, 2.05) is 6.92 Å². The van der Waals surface area contributed by atoms with Crippen LogP contribution in [-0.2, 0) is 9.53 Å². The van der Waals surface area contributed by atoms with Gasteiger partial charge in [-0.2, -0.15) is 0 Å². The van der Waals surface area contributed by atoms with Crippen LogP contribution in [0.5, 0.6) is 0 Å². The second kappa shape index (κ2) is 11.2. The van der Waals surface area contributed by atoms with Crippen LogP contribution in [0.25, 0.3) is 0 Å². The number of hydrogen-bond donors (Lipinski definition) is 0. The number of rotatable bonds is 11. The summed E-state index contributed by atoms with van der Waals surface area (Å²) in [7, 11) is 0. The van der Waals surface area contributed by atoms with E-state index in [4.69, 9.17) is 4.74 Å². The summed E-state index contributed by atoms with van der Waals surface area (Å²) in [6, 6.07) is 0. The van der Waals surface area contributed by atoms with E-state index in [-0.39, 0.29) is 12.1 Å². The molecule has 0 amide bonds.